The van der Waals surface area contributed by atoms with E-state index < -0.39 is 16.1 Å². The average molecular weight is 403 g/mol. The third-order valence-corrected chi connectivity index (χ3v) is 6.16. The molecule has 5 nitrogen and oxygen atoms in total. The van der Waals surface area contributed by atoms with Gasteiger partial charge in [-0.3, -0.25) is 9.10 Å². The van der Waals surface area contributed by atoms with E-state index in [4.69, 9.17) is 0 Å². The molecule has 0 aliphatic heterocycles. The number of hydrogen-bond donors (Lipinski definition) is 1. The van der Waals surface area contributed by atoms with Crippen LogP contribution in [0.3, 0.4) is 0 Å². The SMILES string of the molecule is CCc1ccc([C@@H](C)NC(=O)[C@H](C)N(c2cc(C)ccc2C)S(C)(=O)=O)cc1. The highest BCUT2D eigenvalue weighted by Gasteiger charge is 2.30. The van der Waals surface area contributed by atoms with Crippen LogP contribution in [0.25, 0.3) is 0 Å². The van der Waals surface area contributed by atoms with Crippen LogP contribution in [0.4, 0.5) is 5.69 Å². The summed E-state index contributed by atoms with van der Waals surface area (Å²) in [6.45, 7) is 9.35. The molecule has 0 radical (unpaired) electrons. The summed E-state index contributed by atoms with van der Waals surface area (Å²) < 4.78 is 26.2. The zero-order valence-electron chi connectivity index (χ0n) is 17.5. The maximum Gasteiger partial charge on any atom is 0.244 e. The highest BCUT2D eigenvalue weighted by Crippen LogP contribution is 2.26. The van der Waals surface area contributed by atoms with E-state index in [1.165, 1.54) is 9.87 Å². The fourth-order valence-electron chi connectivity index (χ4n) is 3.20. The fourth-order valence-corrected chi connectivity index (χ4v) is 4.42. The lowest BCUT2D eigenvalue weighted by Crippen LogP contribution is -2.48. The molecule has 2 aromatic rings. The van der Waals surface area contributed by atoms with Gasteiger partial charge in [0.15, 0.2) is 0 Å². The molecule has 6 heteroatoms. The quantitative estimate of drug-likeness (QED) is 0.764. The minimum absolute atomic E-state index is 0.221. The molecule has 2 rings (SSSR count). The lowest BCUT2D eigenvalue weighted by molar-refractivity contribution is -0.122. The van der Waals surface area contributed by atoms with E-state index >= 15 is 0 Å². The first-order chi connectivity index (χ1) is 13.0. The van der Waals surface area contributed by atoms with Gasteiger partial charge in [-0.15, -0.1) is 0 Å². The molecule has 2 atom stereocenters. The lowest BCUT2D eigenvalue weighted by atomic mass is 10.0. The Morgan fingerprint density at radius 1 is 1.07 bits per heavy atom. The number of anilines is 1. The van der Waals surface area contributed by atoms with E-state index in [0.29, 0.717) is 5.69 Å². The molecule has 28 heavy (non-hydrogen) atoms. The molecule has 0 saturated carbocycles. The molecular weight excluding hydrogens is 372 g/mol. The van der Waals surface area contributed by atoms with Crippen molar-refractivity contribution in [1.29, 1.82) is 0 Å². The van der Waals surface area contributed by atoms with Crippen molar-refractivity contribution in [1.82, 2.24) is 5.32 Å². The summed E-state index contributed by atoms with van der Waals surface area (Å²) in [5.41, 5.74) is 4.49. The first kappa shape index (κ1) is 22.0. The van der Waals surface area contributed by atoms with Crippen molar-refractivity contribution in [3.63, 3.8) is 0 Å². The molecule has 0 aliphatic rings. The second kappa shape index (κ2) is 8.78. The van der Waals surface area contributed by atoms with Gasteiger partial charge in [-0.2, -0.15) is 0 Å². The Kier molecular flexibility index (Phi) is 6.88. The molecule has 0 fully saturated rings. The van der Waals surface area contributed by atoms with Gasteiger partial charge in [-0.1, -0.05) is 43.3 Å². The van der Waals surface area contributed by atoms with Gasteiger partial charge in [-0.25, -0.2) is 8.42 Å². The van der Waals surface area contributed by atoms with Crippen LogP contribution >= 0.6 is 0 Å². The van der Waals surface area contributed by atoms with Crippen molar-refractivity contribution in [3.05, 3.63) is 64.7 Å². The predicted molar refractivity (Wildman–Crippen MR) is 115 cm³/mol. The minimum atomic E-state index is -3.64. The van der Waals surface area contributed by atoms with Crippen LogP contribution in [0.2, 0.25) is 0 Å². The molecule has 0 aromatic heterocycles. The number of amides is 1. The lowest BCUT2D eigenvalue weighted by Gasteiger charge is -2.30. The van der Waals surface area contributed by atoms with Crippen molar-refractivity contribution >= 4 is 21.6 Å². The molecule has 1 N–H and O–H groups in total. The Hall–Kier alpha value is -2.34. The normalized spacial score (nSPS) is 13.6. The monoisotopic (exact) mass is 402 g/mol. The number of hydrogen-bond acceptors (Lipinski definition) is 3. The maximum atomic E-state index is 12.9. The Morgan fingerprint density at radius 3 is 2.21 bits per heavy atom. The summed E-state index contributed by atoms with van der Waals surface area (Å²) in [6, 6.07) is 12.6. The number of rotatable bonds is 7. The van der Waals surface area contributed by atoms with Crippen LogP contribution in [-0.4, -0.2) is 26.6 Å². The molecule has 2 aromatic carbocycles. The number of carbonyl (C=O) groups excluding carboxylic acids is 1. The zero-order chi connectivity index (χ0) is 21.1. The second-order valence-corrected chi connectivity index (χ2v) is 9.21. The Labute approximate surface area is 168 Å². The summed E-state index contributed by atoms with van der Waals surface area (Å²) in [5, 5.41) is 2.94. The zero-order valence-corrected chi connectivity index (χ0v) is 18.3. The molecule has 0 aliphatic carbocycles. The van der Waals surface area contributed by atoms with Crippen LogP contribution in [0, 0.1) is 13.8 Å². The molecule has 0 heterocycles. The summed E-state index contributed by atoms with van der Waals surface area (Å²) >= 11 is 0. The first-order valence-electron chi connectivity index (χ1n) is 9.50. The van der Waals surface area contributed by atoms with Crippen molar-refractivity contribution in [2.45, 2.75) is 53.1 Å². The number of nitrogens with one attached hydrogen (secondary N) is 1. The van der Waals surface area contributed by atoms with E-state index in [2.05, 4.69) is 12.2 Å². The Morgan fingerprint density at radius 2 is 1.68 bits per heavy atom. The average Bonchev–Trinajstić information content (AvgIpc) is 2.63. The van der Waals surface area contributed by atoms with Gasteiger partial charge in [0.1, 0.15) is 6.04 Å². The van der Waals surface area contributed by atoms with Crippen LogP contribution in [0.5, 0.6) is 0 Å². The second-order valence-electron chi connectivity index (χ2n) is 7.35. The van der Waals surface area contributed by atoms with Gasteiger partial charge in [0.25, 0.3) is 0 Å². The number of benzene rings is 2. The van der Waals surface area contributed by atoms with Crippen LogP contribution in [0.15, 0.2) is 42.5 Å². The van der Waals surface area contributed by atoms with E-state index in [1.54, 1.807) is 13.0 Å². The number of nitrogens with zero attached hydrogens (tertiary/aromatic N) is 1. The van der Waals surface area contributed by atoms with Gasteiger partial charge < -0.3 is 5.32 Å². The van der Waals surface area contributed by atoms with E-state index in [0.717, 1.165) is 29.4 Å². The van der Waals surface area contributed by atoms with Gasteiger partial charge in [0, 0.05) is 0 Å². The van der Waals surface area contributed by atoms with Crippen molar-refractivity contribution in [2.75, 3.05) is 10.6 Å². The van der Waals surface area contributed by atoms with Crippen LogP contribution in [-0.2, 0) is 21.2 Å². The topological polar surface area (TPSA) is 66.5 Å². The fraction of sp³-hybridized carbons (Fsp3) is 0.409. The smallest absolute Gasteiger partial charge is 0.244 e. The highest BCUT2D eigenvalue weighted by molar-refractivity contribution is 7.92. The van der Waals surface area contributed by atoms with Gasteiger partial charge in [-0.05, 0) is 62.4 Å². The van der Waals surface area contributed by atoms with E-state index in [9.17, 15) is 13.2 Å². The Balaban J connectivity index is 2.27. The summed E-state index contributed by atoms with van der Waals surface area (Å²) in [5.74, 6) is -0.335. The highest BCUT2D eigenvalue weighted by atomic mass is 32.2. The molecule has 0 saturated heterocycles. The third kappa shape index (κ3) is 5.13. The third-order valence-electron chi connectivity index (χ3n) is 4.94. The molecule has 152 valence electrons. The standard InChI is InChI=1S/C22H30N2O3S/c1-7-19-10-12-20(13-11-19)17(4)23-22(25)18(5)24(28(6,26)27)21-14-15(2)8-9-16(21)3/h8-14,17-18H,7H2,1-6H3,(H,23,25)/t17-,18+/m1/s1. The molecular formula is C22H30N2O3S. The molecule has 1 amide bonds. The van der Waals surface area contributed by atoms with Crippen molar-refractivity contribution < 1.29 is 13.2 Å². The van der Waals surface area contributed by atoms with Crippen LogP contribution in [0.1, 0.15) is 49.1 Å². The predicted octanol–water partition coefficient (Wildman–Crippen LogP) is 3.90. The van der Waals surface area contributed by atoms with Gasteiger partial charge in [0.2, 0.25) is 15.9 Å². The van der Waals surface area contributed by atoms with Gasteiger partial charge >= 0.3 is 0 Å². The number of sulfonamides is 1. The van der Waals surface area contributed by atoms with Crippen molar-refractivity contribution in [2.24, 2.45) is 0 Å². The minimum Gasteiger partial charge on any atom is -0.348 e. The first-order valence-corrected chi connectivity index (χ1v) is 11.3. The number of aryl methyl sites for hydroxylation is 3. The molecule has 0 unspecified atom stereocenters. The summed E-state index contributed by atoms with van der Waals surface area (Å²) in [7, 11) is -3.64. The summed E-state index contributed by atoms with van der Waals surface area (Å²) in [6.07, 6.45) is 2.09. The van der Waals surface area contributed by atoms with Gasteiger partial charge in [0.05, 0.1) is 18.0 Å². The van der Waals surface area contributed by atoms with Crippen LogP contribution < -0.4 is 9.62 Å². The molecule has 0 spiro atoms. The van der Waals surface area contributed by atoms with E-state index in [1.807, 2.05) is 57.2 Å². The van der Waals surface area contributed by atoms with E-state index in [-0.39, 0.29) is 11.9 Å². The summed E-state index contributed by atoms with van der Waals surface area (Å²) in [4.78, 5) is 12.9. The molecule has 0 bridgehead atoms. The maximum absolute atomic E-state index is 12.9. The Bertz CT molecular complexity index is 937. The van der Waals surface area contributed by atoms with Crippen molar-refractivity contribution in [3.8, 4) is 0 Å². The number of carbonyl (C=O) groups is 1. The largest absolute Gasteiger partial charge is 0.348 e.